The zero-order chi connectivity index (χ0) is 6.36. The van der Waals surface area contributed by atoms with Gasteiger partial charge in [-0.3, -0.25) is 0 Å². The average Bonchev–Trinajstić information content (AvgIpc) is 2.00. The maximum Gasteiger partial charge on any atom is -0.0588 e. The van der Waals surface area contributed by atoms with Crippen molar-refractivity contribution in [2.24, 2.45) is 0 Å². The Bertz CT molecular complexity index is 130. The molecule has 2 atom stereocenters. The van der Waals surface area contributed by atoms with E-state index in [-0.39, 0.29) is 0 Å². The lowest BCUT2D eigenvalue weighted by molar-refractivity contribution is 1.96. The molecule has 0 saturated heterocycles. The van der Waals surface area contributed by atoms with Crippen LogP contribution in [0.25, 0.3) is 0 Å². The van der Waals surface area contributed by atoms with Crippen molar-refractivity contribution in [2.75, 3.05) is 0 Å². The molecule has 0 aromatic rings. The Morgan fingerprint density at radius 2 is 1.22 bits per heavy atom. The van der Waals surface area contributed by atoms with Crippen LogP contribution in [0.4, 0.5) is 0 Å². The minimum atomic E-state index is 1.04. The summed E-state index contributed by atoms with van der Waals surface area (Å²) in [5.41, 5.74) is 0. The van der Waals surface area contributed by atoms with Crippen LogP contribution in [0.2, 0.25) is 0 Å². The second kappa shape index (κ2) is 5.31. The highest BCUT2D eigenvalue weighted by Gasteiger charge is 1.78. The van der Waals surface area contributed by atoms with Crippen molar-refractivity contribution in [2.45, 2.75) is 0 Å². The fourth-order valence-corrected chi connectivity index (χ4v) is 4.70. The third-order valence-corrected chi connectivity index (χ3v) is 6.31. The summed E-state index contributed by atoms with van der Waals surface area (Å²) < 4.78 is 0. The molecule has 0 nitrogen and oxygen atoms in total. The van der Waals surface area contributed by atoms with E-state index in [9.17, 15) is 0 Å². The van der Waals surface area contributed by atoms with E-state index in [1.807, 2.05) is 0 Å². The molecule has 9 heavy (non-hydrogen) atoms. The van der Waals surface area contributed by atoms with Gasteiger partial charge < -0.3 is 0 Å². The van der Waals surface area contributed by atoms with Gasteiger partial charge in [-0.2, -0.15) is 0 Å². The van der Waals surface area contributed by atoms with Gasteiger partial charge in [-0.25, -0.2) is 0 Å². The average molecular weight is 174 g/mol. The van der Waals surface area contributed by atoms with Crippen LogP contribution in [0.1, 0.15) is 0 Å². The molecule has 0 bridgehead atoms. The van der Waals surface area contributed by atoms with Gasteiger partial charge in [-0.05, 0) is 0 Å². The first-order chi connectivity index (χ1) is 4.50. The molecule has 0 aliphatic carbocycles. The molecule has 0 spiro atoms. The highest BCUT2D eigenvalue weighted by Crippen LogP contribution is 2.54. The van der Waals surface area contributed by atoms with Crippen LogP contribution in [0.5, 0.6) is 0 Å². The molecule has 1 heterocycles. The van der Waals surface area contributed by atoms with Gasteiger partial charge in [0.15, 0.2) is 0 Å². The van der Waals surface area contributed by atoms with Crippen molar-refractivity contribution in [3.63, 3.8) is 0 Å². The number of hydrogen-bond acceptors (Lipinski definition) is 0. The number of hydrogen-bond donors (Lipinski definition) is 0. The van der Waals surface area contributed by atoms with Crippen LogP contribution in [0.3, 0.4) is 0 Å². The van der Waals surface area contributed by atoms with Gasteiger partial charge in [0.25, 0.3) is 0 Å². The van der Waals surface area contributed by atoms with Crippen LogP contribution < -0.4 is 0 Å². The summed E-state index contributed by atoms with van der Waals surface area (Å²) in [4.78, 5) is 0. The lowest BCUT2D eigenvalue weighted by atomic mass is 10.5. The molecule has 0 aromatic heterocycles. The summed E-state index contributed by atoms with van der Waals surface area (Å²) in [7, 11) is 3.21. The van der Waals surface area contributed by atoms with Gasteiger partial charge in [-0.15, -0.1) is 0 Å². The van der Waals surface area contributed by atoms with Gasteiger partial charge in [-0.1, -0.05) is 60.4 Å². The van der Waals surface area contributed by atoms with Crippen molar-refractivity contribution in [1.82, 2.24) is 0 Å². The molecular weight excluding hydrogens is 165 g/mol. The van der Waals surface area contributed by atoms with Crippen molar-refractivity contribution in [3.8, 4) is 0 Å². The van der Waals surface area contributed by atoms with E-state index in [1.54, 1.807) is 0 Å². The Hall–Kier alpha value is 0.510. The third kappa shape index (κ3) is 3.99. The first-order valence-electron chi connectivity index (χ1n) is 2.74. The van der Waals surface area contributed by atoms with E-state index in [0.717, 1.165) is 24.5 Å². The van der Waals surface area contributed by atoms with Crippen LogP contribution in [0, 0.1) is 0 Å². The summed E-state index contributed by atoms with van der Waals surface area (Å²) in [5.74, 6) is 4.52. The second-order valence-corrected chi connectivity index (χ2v) is 7.74. The molecule has 0 amide bonds. The maximum absolute atomic E-state index is 2.26. The van der Waals surface area contributed by atoms with E-state index < -0.39 is 0 Å². The summed E-state index contributed by atoms with van der Waals surface area (Å²) in [6, 6.07) is 0. The Morgan fingerprint density at radius 3 is 1.78 bits per heavy atom. The van der Waals surface area contributed by atoms with E-state index in [1.165, 1.54) is 0 Å². The molecule has 1 aliphatic heterocycles. The number of rotatable bonds is 0. The summed E-state index contributed by atoms with van der Waals surface area (Å²) >= 11 is 0. The minimum Gasteiger partial charge on any atom is -0.0713 e. The fourth-order valence-electron chi connectivity index (χ4n) is 0.461. The summed E-state index contributed by atoms with van der Waals surface area (Å²) in [5, 5.41) is 0. The molecule has 0 radical (unpaired) electrons. The molecule has 0 N–H and O–H groups in total. The Balaban J connectivity index is 2.45. The van der Waals surface area contributed by atoms with Crippen molar-refractivity contribution in [3.05, 3.63) is 35.9 Å². The Labute approximate surface area is 61.0 Å². The van der Waals surface area contributed by atoms with E-state index >= 15 is 0 Å². The van der Waals surface area contributed by atoms with Gasteiger partial charge in [0.2, 0.25) is 0 Å². The molecule has 3 heteroatoms. The van der Waals surface area contributed by atoms with Gasteiger partial charge in [0, 0.05) is 0 Å². The smallest absolute Gasteiger partial charge is 0.0588 e. The number of allylic oxidation sites excluding steroid dienone is 4. The Morgan fingerprint density at radius 1 is 0.667 bits per heavy atom. The summed E-state index contributed by atoms with van der Waals surface area (Å²) in [6.07, 6.45) is 8.44. The Kier molecular flexibility index (Phi) is 4.49. The highest BCUT2D eigenvalue weighted by atomic mass is 32.4. The van der Waals surface area contributed by atoms with E-state index in [2.05, 4.69) is 35.9 Å². The SMILES string of the molecule is C1=CC=CPPPC=C1. The molecule has 1 aliphatic rings. The lowest BCUT2D eigenvalue weighted by Gasteiger charge is -1.87. The zero-order valence-corrected chi connectivity index (χ0v) is 7.96. The van der Waals surface area contributed by atoms with E-state index in [0.29, 0.717) is 0 Å². The molecule has 0 aromatic carbocycles. The summed E-state index contributed by atoms with van der Waals surface area (Å²) in [6.45, 7) is 0. The van der Waals surface area contributed by atoms with Gasteiger partial charge in [0.1, 0.15) is 0 Å². The fraction of sp³-hybridized carbons (Fsp3) is 0. The molecule has 0 saturated carbocycles. The van der Waals surface area contributed by atoms with Gasteiger partial charge in [0.05, 0.1) is 0 Å². The van der Waals surface area contributed by atoms with Crippen LogP contribution in [0.15, 0.2) is 35.9 Å². The zero-order valence-electron chi connectivity index (χ0n) is 4.96. The molecule has 1 rings (SSSR count). The third-order valence-electron chi connectivity index (χ3n) is 0.837. The quantitative estimate of drug-likeness (QED) is 0.493. The standard InChI is InChI=1S/C6H9P3/c1-2-4-6-8-9-7-5-3-1/h1-9H. The predicted molar refractivity (Wildman–Crippen MR) is 52.4 cm³/mol. The predicted octanol–water partition coefficient (Wildman–Crippen LogP) is 3.45. The molecular formula is C6H9P3. The molecule has 48 valence electrons. The van der Waals surface area contributed by atoms with Gasteiger partial charge >= 0.3 is 0 Å². The normalized spacial score (nSPS) is 26.7. The molecule has 0 fully saturated rings. The van der Waals surface area contributed by atoms with Crippen molar-refractivity contribution >= 4 is 24.5 Å². The molecule has 2 unspecified atom stereocenters. The topological polar surface area (TPSA) is 0 Å². The van der Waals surface area contributed by atoms with Crippen molar-refractivity contribution < 1.29 is 0 Å². The van der Waals surface area contributed by atoms with Crippen LogP contribution in [-0.2, 0) is 0 Å². The first kappa shape index (κ1) is 7.62. The first-order valence-corrected chi connectivity index (χ1v) is 7.90. The minimum absolute atomic E-state index is 1.04. The van der Waals surface area contributed by atoms with Crippen LogP contribution in [-0.4, -0.2) is 0 Å². The monoisotopic (exact) mass is 174 g/mol. The van der Waals surface area contributed by atoms with E-state index in [4.69, 9.17) is 0 Å². The largest absolute Gasteiger partial charge is 0.0713 e. The van der Waals surface area contributed by atoms with Crippen LogP contribution >= 0.6 is 24.5 Å². The highest BCUT2D eigenvalue weighted by molar-refractivity contribution is 8.44. The lowest BCUT2D eigenvalue weighted by Crippen LogP contribution is -1.43. The van der Waals surface area contributed by atoms with Crippen molar-refractivity contribution in [1.29, 1.82) is 0 Å². The second-order valence-electron chi connectivity index (χ2n) is 1.52. The maximum atomic E-state index is 2.26.